The van der Waals surface area contributed by atoms with E-state index < -0.39 is 0 Å². The maximum absolute atomic E-state index is 6.15. The summed E-state index contributed by atoms with van der Waals surface area (Å²) in [6.45, 7) is 6.48. The van der Waals surface area contributed by atoms with E-state index in [1.165, 1.54) is 35.7 Å². The lowest BCUT2D eigenvalue weighted by Crippen LogP contribution is -2.11. The van der Waals surface area contributed by atoms with Gasteiger partial charge in [-0.05, 0) is 23.9 Å². The summed E-state index contributed by atoms with van der Waals surface area (Å²) < 4.78 is 4.00. The molecule has 0 saturated heterocycles. The summed E-state index contributed by atoms with van der Waals surface area (Å²) in [6, 6.07) is 0.133. The molecule has 0 bridgehead atoms. The van der Waals surface area contributed by atoms with Crippen LogP contribution in [0, 0.1) is 0 Å². The first-order valence-electron chi connectivity index (χ1n) is 5.74. The molecule has 0 aliphatic rings. The van der Waals surface area contributed by atoms with Gasteiger partial charge in [0.15, 0.2) is 0 Å². The minimum absolute atomic E-state index is 0.133. The SMILES string of the molecule is CCCCCC(N)c1snnc1C(C)C. The Hall–Kier alpha value is -0.480. The van der Waals surface area contributed by atoms with E-state index in [9.17, 15) is 0 Å². The van der Waals surface area contributed by atoms with Crippen LogP contribution in [-0.4, -0.2) is 9.59 Å². The first-order valence-corrected chi connectivity index (χ1v) is 6.51. The molecule has 4 heteroatoms. The van der Waals surface area contributed by atoms with Crippen LogP contribution in [0.25, 0.3) is 0 Å². The minimum atomic E-state index is 0.133. The van der Waals surface area contributed by atoms with Gasteiger partial charge in [0.2, 0.25) is 0 Å². The van der Waals surface area contributed by atoms with Crippen LogP contribution < -0.4 is 5.73 Å². The Morgan fingerprint density at radius 1 is 1.33 bits per heavy atom. The number of aromatic nitrogens is 2. The fourth-order valence-corrected chi connectivity index (χ4v) is 2.45. The minimum Gasteiger partial charge on any atom is -0.323 e. The molecule has 0 aromatic carbocycles. The molecule has 1 aromatic heterocycles. The number of unbranched alkanes of at least 4 members (excludes halogenated alkanes) is 2. The summed E-state index contributed by atoms with van der Waals surface area (Å²) in [5.74, 6) is 0.427. The summed E-state index contributed by atoms with van der Waals surface area (Å²) in [6.07, 6.45) is 4.76. The van der Waals surface area contributed by atoms with Crippen LogP contribution in [0.2, 0.25) is 0 Å². The Bertz CT molecular complexity index is 283. The van der Waals surface area contributed by atoms with Crippen molar-refractivity contribution >= 4 is 11.5 Å². The van der Waals surface area contributed by atoms with Crippen molar-refractivity contribution in [1.29, 1.82) is 0 Å². The van der Waals surface area contributed by atoms with E-state index in [1.807, 2.05) is 0 Å². The second-order valence-corrected chi connectivity index (χ2v) is 5.07. The molecule has 1 heterocycles. The van der Waals surface area contributed by atoms with Crippen molar-refractivity contribution in [1.82, 2.24) is 9.59 Å². The van der Waals surface area contributed by atoms with E-state index in [1.54, 1.807) is 0 Å². The van der Waals surface area contributed by atoms with Gasteiger partial charge in [0.05, 0.1) is 10.6 Å². The van der Waals surface area contributed by atoms with Crippen LogP contribution >= 0.6 is 11.5 Å². The van der Waals surface area contributed by atoms with Gasteiger partial charge in [-0.3, -0.25) is 0 Å². The Morgan fingerprint density at radius 2 is 2.07 bits per heavy atom. The summed E-state index contributed by atoms with van der Waals surface area (Å²) in [5.41, 5.74) is 7.24. The van der Waals surface area contributed by atoms with Crippen LogP contribution in [0.1, 0.15) is 69.0 Å². The molecule has 3 nitrogen and oxygen atoms in total. The third-order valence-corrected chi connectivity index (χ3v) is 3.41. The zero-order valence-corrected chi connectivity index (χ0v) is 10.7. The van der Waals surface area contributed by atoms with Crippen LogP contribution in [0.15, 0.2) is 0 Å². The number of rotatable bonds is 6. The van der Waals surface area contributed by atoms with E-state index in [-0.39, 0.29) is 6.04 Å². The number of hydrogen-bond donors (Lipinski definition) is 1. The second kappa shape index (κ2) is 6.18. The molecule has 0 saturated carbocycles. The Morgan fingerprint density at radius 3 is 2.67 bits per heavy atom. The highest BCUT2D eigenvalue weighted by atomic mass is 32.1. The normalized spacial score (nSPS) is 13.4. The fourth-order valence-electron chi connectivity index (χ4n) is 1.61. The molecule has 2 N–H and O–H groups in total. The van der Waals surface area contributed by atoms with Crippen molar-refractivity contribution < 1.29 is 0 Å². The maximum Gasteiger partial charge on any atom is 0.0828 e. The van der Waals surface area contributed by atoms with Gasteiger partial charge in [0.25, 0.3) is 0 Å². The topological polar surface area (TPSA) is 51.8 Å². The van der Waals surface area contributed by atoms with Gasteiger partial charge < -0.3 is 5.73 Å². The Kier molecular flexibility index (Phi) is 5.19. The third-order valence-electron chi connectivity index (χ3n) is 2.54. The van der Waals surface area contributed by atoms with Crippen molar-refractivity contribution in [3.63, 3.8) is 0 Å². The number of hydrogen-bond acceptors (Lipinski definition) is 4. The quantitative estimate of drug-likeness (QED) is 0.759. The molecule has 1 unspecified atom stereocenters. The van der Waals surface area contributed by atoms with E-state index in [0.717, 1.165) is 12.1 Å². The molecule has 0 spiro atoms. The van der Waals surface area contributed by atoms with Gasteiger partial charge in [-0.25, -0.2) is 0 Å². The Labute approximate surface area is 96.2 Å². The molecular formula is C11H21N3S. The smallest absolute Gasteiger partial charge is 0.0828 e. The van der Waals surface area contributed by atoms with E-state index in [2.05, 4.69) is 30.4 Å². The fraction of sp³-hybridized carbons (Fsp3) is 0.818. The van der Waals surface area contributed by atoms with Crippen molar-refractivity contribution in [2.24, 2.45) is 5.73 Å². The highest BCUT2D eigenvalue weighted by Crippen LogP contribution is 2.27. The number of nitrogens with two attached hydrogens (primary N) is 1. The molecule has 0 aliphatic carbocycles. The summed E-state index contributed by atoms with van der Waals surface area (Å²) >= 11 is 1.46. The van der Waals surface area contributed by atoms with Gasteiger partial charge in [0.1, 0.15) is 0 Å². The van der Waals surface area contributed by atoms with Crippen molar-refractivity contribution in [2.45, 2.75) is 58.4 Å². The van der Waals surface area contributed by atoms with E-state index in [0.29, 0.717) is 5.92 Å². The van der Waals surface area contributed by atoms with Gasteiger partial charge in [-0.1, -0.05) is 44.5 Å². The first kappa shape index (κ1) is 12.6. The van der Waals surface area contributed by atoms with E-state index >= 15 is 0 Å². The lowest BCUT2D eigenvalue weighted by Gasteiger charge is -2.11. The average molecular weight is 227 g/mol. The van der Waals surface area contributed by atoms with Crippen molar-refractivity contribution in [2.75, 3.05) is 0 Å². The van der Waals surface area contributed by atoms with Crippen molar-refractivity contribution in [3.05, 3.63) is 10.6 Å². The summed E-state index contributed by atoms with van der Waals surface area (Å²) in [4.78, 5) is 1.18. The molecule has 1 rings (SSSR count). The number of nitrogens with zero attached hydrogens (tertiary/aromatic N) is 2. The lowest BCUT2D eigenvalue weighted by molar-refractivity contribution is 0.580. The van der Waals surface area contributed by atoms with E-state index in [4.69, 9.17) is 5.73 Å². The molecule has 1 atom stereocenters. The monoisotopic (exact) mass is 227 g/mol. The second-order valence-electron chi connectivity index (χ2n) is 4.28. The lowest BCUT2D eigenvalue weighted by atomic mass is 10.0. The van der Waals surface area contributed by atoms with Crippen LogP contribution in [0.3, 0.4) is 0 Å². The largest absolute Gasteiger partial charge is 0.323 e. The molecular weight excluding hydrogens is 206 g/mol. The molecule has 0 amide bonds. The first-order chi connectivity index (χ1) is 7.16. The zero-order valence-electron chi connectivity index (χ0n) is 9.86. The molecule has 86 valence electrons. The van der Waals surface area contributed by atoms with Crippen molar-refractivity contribution in [3.8, 4) is 0 Å². The van der Waals surface area contributed by atoms with Crippen LogP contribution in [0.4, 0.5) is 0 Å². The van der Waals surface area contributed by atoms with Crippen LogP contribution in [-0.2, 0) is 0 Å². The predicted molar refractivity (Wildman–Crippen MR) is 65.1 cm³/mol. The van der Waals surface area contributed by atoms with Gasteiger partial charge in [0, 0.05) is 6.04 Å². The zero-order chi connectivity index (χ0) is 11.3. The standard InChI is InChI=1S/C11H21N3S/c1-4-5-6-7-9(12)11-10(8(2)3)13-14-15-11/h8-9H,4-7,12H2,1-3H3. The molecule has 0 radical (unpaired) electrons. The summed E-state index contributed by atoms with van der Waals surface area (Å²) in [5, 5.41) is 4.15. The molecule has 15 heavy (non-hydrogen) atoms. The maximum atomic E-state index is 6.15. The Balaban J connectivity index is 2.56. The molecule has 0 aliphatic heterocycles. The highest BCUT2D eigenvalue weighted by molar-refractivity contribution is 7.05. The highest BCUT2D eigenvalue weighted by Gasteiger charge is 2.17. The third kappa shape index (κ3) is 3.54. The molecule has 0 fully saturated rings. The molecule has 1 aromatic rings. The van der Waals surface area contributed by atoms with Crippen LogP contribution in [0.5, 0.6) is 0 Å². The van der Waals surface area contributed by atoms with Gasteiger partial charge in [-0.2, -0.15) is 0 Å². The summed E-state index contributed by atoms with van der Waals surface area (Å²) in [7, 11) is 0. The predicted octanol–water partition coefficient (Wildman–Crippen LogP) is 3.24. The average Bonchev–Trinajstić information content (AvgIpc) is 2.66. The van der Waals surface area contributed by atoms with Gasteiger partial charge >= 0.3 is 0 Å². The van der Waals surface area contributed by atoms with Gasteiger partial charge in [-0.15, -0.1) is 5.10 Å².